The third kappa shape index (κ3) is 4.30. The summed E-state index contributed by atoms with van der Waals surface area (Å²) < 4.78 is 13.0. The Hall–Kier alpha value is -1.42. The Morgan fingerprint density at radius 3 is 2.25 bits per heavy atom. The first-order valence-electron chi connectivity index (χ1n) is 7.18. The molecule has 0 aliphatic carbocycles. The topological polar surface area (TPSA) is 46.3 Å². The first-order chi connectivity index (χ1) is 9.36. The minimum atomic E-state index is -0.474. The van der Waals surface area contributed by atoms with E-state index in [0.717, 1.165) is 5.56 Å². The minimum absolute atomic E-state index is 0.0435. The van der Waals surface area contributed by atoms with Gasteiger partial charge in [0.1, 0.15) is 5.82 Å². The Kier molecular flexibility index (Phi) is 6.14. The van der Waals surface area contributed by atoms with Crippen LogP contribution >= 0.6 is 0 Å². The van der Waals surface area contributed by atoms with Crippen molar-refractivity contribution in [2.24, 2.45) is 11.7 Å². The van der Waals surface area contributed by atoms with Crippen molar-refractivity contribution in [1.29, 1.82) is 0 Å². The molecular weight excluding hydrogens is 255 g/mol. The van der Waals surface area contributed by atoms with Gasteiger partial charge in [0.15, 0.2) is 0 Å². The zero-order valence-corrected chi connectivity index (χ0v) is 12.8. The molecule has 4 heteroatoms. The van der Waals surface area contributed by atoms with Crippen LogP contribution in [0.3, 0.4) is 0 Å². The first-order valence-corrected chi connectivity index (χ1v) is 7.18. The van der Waals surface area contributed by atoms with Gasteiger partial charge in [-0.15, -0.1) is 0 Å². The zero-order chi connectivity index (χ0) is 15.3. The number of likely N-dealkylation sites (N-methyl/N-ethyl adjacent to an activating group) is 1. The molecule has 1 aromatic rings. The highest BCUT2D eigenvalue weighted by atomic mass is 19.1. The van der Waals surface area contributed by atoms with E-state index in [2.05, 4.69) is 0 Å². The van der Waals surface area contributed by atoms with Crippen LogP contribution in [0.5, 0.6) is 0 Å². The smallest absolute Gasteiger partial charge is 0.239 e. The van der Waals surface area contributed by atoms with Crippen molar-refractivity contribution in [3.05, 3.63) is 35.6 Å². The second-order valence-electron chi connectivity index (χ2n) is 5.59. The van der Waals surface area contributed by atoms with Crippen molar-refractivity contribution in [1.82, 2.24) is 4.90 Å². The van der Waals surface area contributed by atoms with E-state index < -0.39 is 6.04 Å². The molecule has 0 aromatic heterocycles. The largest absolute Gasteiger partial charge is 0.335 e. The van der Waals surface area contributed by atoms with Crippen molar-refractivity contribution < 1.29 is 9.18 Å². The van der Waals surface area contributed by atoms with Crippen LogP contribution in [0.2, 0.25) is 0 Å². The molecule has 1 unspecified atom stereocenters. The van der Waals surface area contributed by atoms with Gasteiger partial charge in [0.2, 0.25) is 5.91 Å². The summed E-state index contributed by atoms with van der Waals surface area (Å²) >= 11 is 0. The molecule has 2 N–H and O–H groups in total. The molecule has 0 spiro atoms. The van der Waals surface area contributed by atoms with E-state index in [0.29, 0.717) is 18.9 Å². The summed E-state index contributed by atoms with van der Waals surface area (Å²) in [6.45, 7) is 8.56. The standard InChI is InChI=1S/C16H25FN2O/c1-5-19(16(20)15(18)10-11(2)3)12(4)13-6-8-14(17)9-7-13/h6-9,11-12,15H,5,10,18H2,1-4H3/t12?,15-/m1/s1. The van der Waals surface area contributed by atoms with Gasteiger partial charge in [0.05, 0.1) is 12.1 Å². The lowest BCUT2D eigenvalue weighted by atomic mass is 10.0. The summed E-state index contributed by atoms with van der Waals surface area (Å²) in [7, 11) is 0. The number of nitrogens with two attached hydrogens (primary N) is 1. The zero-order valence-electron chi connectivity index (χ0n) is 12.8. The van der Waals surface area contributed by atoms with Crippen molar-refractivity contribution >= 4 is 5.91 Å². The molecule has 3 nitrogen and oxygen atoms in total. The number of benzene rings is 1. The fourth-order valence-electron chi connectivity index (χ4n) is 2.36. The van der Waals surface area contributed by atoms with Crippen LogP contribution in [0.4, 0.5) is 4.39 Å². The maximum absolute atomic E-state index is 13.0. The Bertz CT molecular complexity index is 431. The maximum Gasteiger partial charge on any atom is 0.239 e. The number of halogens is 1. The average Bonchev–Trinajstić information content (AvgIpc) is 2.39. The number of rotatable bonds is 6. The van der Waals surface area contributed by atoms with E-state index in [-0.39, 0.29) is 17.8 Å². The molecule has 1 amide bonds. The lowest BCUT2D eigenvalue weighted by molar-refractivity contribution is -0.134. The number of carbonyl (C=O) groups is 1. The second-order valence-corrected chi connectivity index (χ2v) is 5.59. The van der Waals surface area contributed by atoms with E-state index in [9.17, 15) is 9.18 Å². The fraction of sp³-hybridized carbons (Fsp3) is 0.562. The van der Waals surface area contributed by atoms with Gasteiger partial charge in [0, 0.05) is 6.54 Å². The number of amides is 1. The highest BCUT2D eigenvalue weighted by molar-refractivity contribution is 5.82. The van der Waals surface area contributed by atoms with Crippen molar-refractivity contribution in [3.8, 4) is 0 Å². The van der Waals surface area contributed by atoms with Crippen molar-refractivity contribution in [2.75, 3.05) is 6.54 Å². The molecule has 1 rings (SSSR count). The summed E-state index contributed by atoms with van der Waals surface area (Å²) in [5.41, 5.74) is 6.90. The van der Waals surface area contributed by atoms with Crippen LogP contribution in [-0.2, 0) is 4.79 Å². The van der Waals surface area contributed by atoms with Gasteiger partial charge in [-0.3, -0.25) is 4.79 Å². The Morgan fingerprint density at radius 1 is 1.25 bits per heavy atom. The van der Waals surface area contributed by atoms with Gasteiger partial charge in [-0.25, -0.2) is 4.39 Å². The molecule has 0 aliphatic rings. The number of nitrogens with zero attached hydrogens (tertiary/aromatic N) is 1. The second kappa shape index (κ2) is 7.39. The summed E-state index contributed by atoms with van der Waals surface area (Å²) in [6, 6.07) is 5.67. The van der Waals surface area contributed by atoms with E-state index in [1.54, 1.807) is 17.0 Å². The molecule has 2 atom stereocenters. The fourth-order valence-corrected chi connectivity index (χ4v) is 2.36. The normalized spacial score (nSPS) is 14.2. The Balaban J connectivity index is 2.83. The predicted octanol–water partition coefficient (Wildman–Crippen LogP) is 3.11. The molecule has 0 aliphatic heterocycles. The molecule has 1 aromatic carbocycles. The average molecular weight is 280 g/mol. The van der Waals surface area contributed by atoms with Crippen LogP contribution in [0.1, 0.15) is 45.7 Å². The van der Waals surface area contributed by atoms with E-state index in [4.69, 9.17) is 5.73 Å². The number of hydrogen-bond donors (Lipinski definition) is 1. The van der Waals surface area contributed by atoms with Crippen molar-refractivity contribution in [2.45, 2.75) is 46.2 Å². The van der Waals surface area contributed by atoms with Crippen LogP contribution in [0.25, 0.3) is 0 Å². The van der Waals surface area contributed by atoms with E-state index >= 15 is 0 Å². The molecular formula is C16H25FN2O. The molecule has 0 bridgehead atoms. The third-order valence-corrected chi connectivity index (χ3v) is 3.49. The number of carbonyl (C=O) groups excluding carboxylic acids is 1. The number of hydrogen-bond acceptors (Lipinski definition) is 2. The Labute approximate surface area is 121 Å². The van der Waals surface area contributed by atoms with Crippen LogP contribution in [0.15, 0.2) is 24.3 Å². The van der Waals surface area contributed by atoms with Gasteiger partial charge in [-0.1, -0.05) is 26.0 Å². The molecule has 0 radical (unpaired) electrons. The highest BCUT2D eigenvalue weighted by Crippen LogP contribution is 2.21. The quantitative estimate of drug-likeness (QED) is 0.870. The van der Waals surface area contributed by atoms with Crippen LogP contribution in [0, 0.1) is 11.7 Å². The minimum Gasteiger partial charge on any atom is -0.335 e. The Morgan fingerprint density at radius 2 is 1.80 bits per heavy atom. The molecule has 112 valence electrons. The molecule has 0 saturated heterocycles. The van der Waals surface area contributed by atoms with Gasteiger partial charge in [0.25, 0.3) is 0 Å². The lowest BCUT2D eigenvalue weighted by Crippen LogP contribution is -2.45. The van der Waals surface area contributed by atoms with Gasteiger partial charge >= 0.3 is 0 Å². The van der Waals surface area contributed by atoms with Crippen LogP contribution < -0.4 is 5.73 Å². The molecule has 20 heavy (non-hydrogen) atoms. The summed E-state index contributed by atoms with van der Waals surface area (Å²) in [6.07, 6.45) is 0.672. The van der Waals surface area contributed by atoms with Crippen molar-refractivity contribution in [3.63, 3.8) is 0 Å². The molecule has 0 heterocycles. The SMILES string of the molecule is CCN(C(=O)[C@H](N)CC(C)C)C(C)c1ccc(F)cc1. The van der Waals surface area contributed by atoms with Crippen LogP contribution in [-0.4, -0.2) is 23.4 Å². The summed E-state index contributed by atoms with van der Waals surface area (Å²) in [4.78, 5) is 14.2. The monoisotopic (exact) mass is 280 g/mol. The van der Waals surface area contributed by atoms with E-state index in [1.807, 2.05) is 27.7 Å². The van der Waals surface area contributed by atoms with Gasteiger partial charge in [-0.05, 0) is 43.9 Å². The summed E-state index contributed by atoms with van der Waals surface area (Å²) in [5.74, 6) is 0.0682. The summed E-state index contributed by atoms with van der Waals surface area (Å²) in [5, 5.41) is 0. The van der Waals surface area contributed by atoms with E-state index in [1.165, 1.54) is 12.1 Å². The predicted molar refractivity (Wildman–Crippen MR) is 79.6 cm³/mol. The molecule has 0 fully saturated rings. The first kappa shape index (κ1) is 16.6. The highest BCUT2D eigenvalue weighted by Gasteiger charge is 2.25. The van der Waals surface area contributed by atoms with Gasteiger partial charge < -0.3 is 10.6 Å². The maximum atomic E-state index is 13.0. The van der Waals surface area contributed by atoms with Gasteiger partial charge in [-0.2, -0.15) is 0 Å². The lowest BCUT2D eigenvalue weighted by Gasteiger charge is -2.31. The third-order valence-electron chi connectivity index (χ3n) is 3.49. The molecule has 0 saturated carbocycles.